The number of anilines is 1. The molecule has 1 heterocycles. The molecule has 1 atom stereocenters. The highest BCUT2D eigenvalue weighted by Crippen LogP contribution is 2.28. The zero-order chi connectivity index (χ0) is 17.0. The molecule has 0 aliphatic carbocycles. The number of carbonyl (C=O) groups is 1. The lowest BCUT2D eigenvalue weighted by molar-refractivity contribution is -0.384. The molecule has 1 unspecified atom stereocenters. The molecule has 7 nitrogen and oxygen atoms in total. The molecule has 1 amide bonds. The Labute approximate surface area is 148 Å². The third kappa shape index (κ3) is 5.15. The molecule has 2 rings (SSSR count). The molecule has 0 spiro atoms. The van der Waals surface area contributed by atoms with E-state index in [1.807, 2.05) is 6.92 Å². The van der Waals surface area contributed by atoms with Crippen molar-refractivity contribution in [1.82, 2.24) is 4.90 Å². The Bertz CT molecular complexity index is 611. The van der Waals surface area contributed by atoms with Gasteiger partial charge in [0.05, 0.1) is 10.6 Å². The fraction of sp³-hybridized carbons (Fsp3) is 0.562. The van der Waals surface area contributed by atoms with E-state index in [0.717, 1.165) is 25.1 Å². The fourth-order valence-electron chi connectivity index (χ4n) is 2.81. The minimum Gasteiger partial charge on any atom is -0.330 e. The number of nitrogens with one attached hydrogen (secondary N) is 1. The van der Waals surface area contributed by atoms with Gasteiger partial charge in [0.2, 0.25) is 5.91 Å². The lowest BCUT2D eigenvalue weighted by Crippen LogP contribution is -2.32. The lowest BCUT2D eigenvalue weighted by atomic mass is 9.90. The van der Waals surface area contributed by atoms with Crippen LogP contribution >= 0.6 is 12.4 Å². The Kier molecular flexibility index (Phi) is 7.13. The molecule has 1 saturated heterocycles. The third-order valence-corrected chi connectivity index (χ3v) is 4.49. The molecule has 1 fully saturated rings. The molecule has 1 aromatic rings. The van der Waals surface area contributed by atoms with Crippen molar-refractivity contribution in [2.45, 2.75) is 26.7 Å². The highest BCUT2D eigenvalue weighted by atomic mass is 35.5. The summed E-state index contributed by atoms with van der Waals surface area (Å²) in [4.78, 5) is 24.7. The summed E-state index contributed by atoms with van der Waals surface area (Å²) in [5.74, 6) is -0.130. The molecule has 1 aromatic carbocycles. The van der Waals surface area contributed by atoms with Crippen molar-refractivity contribution in [1.29, 1.82) is 0 Å². The van der Waals surface area contributed by atoms with Crippen LogP contribution < -0.4 is 11.1 Å². The van der Waals surface area contributed by atoms with Crippen molar-refractivity contribution in [2.24, 2.45) is 11.1 Å². The van der Waals surface area contributed by atoms with Gasteiger partial charge in [0, 0.05) is 31.6 Å². The summed E-state index contributed by atoms with van der Waals surface area (Å²) in [7, 11) is 0. The van der Waals surface area contributed by atoms with Gasteiger partial charge in [-0.1, -0.05) is 13.0 Å². The predicted octanol–water partition coefficient (Wildman–Crippen LogP) is 2.32. The second-order valence-electron chi connectivity index (χ2n) is 6.60. The predicted molar refractivity (Wildman–Crippen MR) is 96.5 cm³/mol. The Morgan fingerprint density at radius 1 is 1.50 bits per heavy atom. The maximum absolute atomic E-state index is 12.1. The number of aryl methyl sites for hydroxylation is 1. The van der Waals surface area contributed by atoms with Crippen molar-refractivity contribution in [2.75, 3.05) is 31.5 Å². The van der Waals surface area contributed by atoms with E-state index >= 15 is 0 Å². The van der Waals surface area contributed by atoms with E-state index in [0.29, 0.717) is 25.2 Å². The number of rotatable bonds is 6. The lowest BCUT2D eigenvalue weighted by Gasteiger charge is -2.22. The van der Waals surface area contributed by atoms with E-state index in [4.69, 9.17) is 5.73 Å². The number of nitro benzene ring substituents is 1. The molecule has 0 radical (unpaired) electrons. The highest BCUT2D eigenvalue weighted by Gasteiger charge is 2.32. The van der Waals surface area contributed by atoms with Crippen LogP contribution in [0.5, 0.6) is 0 Å². The minimum atomic E-state index is -0.465. The number of hydrogen-bond donors (Lipinski definition) is 2. The van der Waals surface area contributed by atoms with Crippen LogP contribution in [0.1, 0.15) is 25.3 Å². The van der Waals surface area contributed by atoms with Crippen molar-refractivity contribution < 1.29 is 9.72 Å². The topological polar surface area (TPSA) is 102 Å². The third-order valence-electron chi connectivity index (χ3n) is 4.49. The highest BCUT2D eigenvalue weighted by molar-refractivity contribution is 5.92. The van der Waals surface area contributed by atoms with Gasteiger partial charge < -0.3 is 16.0 Å². The van der Waals surface area contributed by atoms with Gasteiger partial charge in [-0.05, 0) is 37.4 Å². The molecule has 0 bridgehead atoms. The Morgan fingerprint density at radius 3 is 2.79 bits per heavy atom. The summed E-state index contributed by atoms with van der Waals surface area (Å²) in [6, 6.07) is 4.47. The maximum atomic E-state index is 12.1. The fourth-order valence-corrected chi connectivity index (χ4v) is 2.81. The summed E-state index contributed by atoms with van der Waals surface area (Å²) < 4.78 is 0. The van der Waals surface area contributed by atoms with Crippen LogP contribution in [0.4, 0.5) is 11.4 Å². The molecule has 1 aliphatic rings. The first-order chi connectivity index (χ1) is 10.8. The molecule has 8 heteroatoms. The first kappa shape index (κ1) is 20.3. The average molecular weight is 357 g/mol. The van der Waals surface area contributed by atoms with Gasteiger partial charge in [0.1, 0.15) is 0 Å². The number of hydrogen-bond acceptors (Lipinski definition) is 5. The van der Waals surface area contributed by atoms with Crippen molar-refractivity contribution in [3.05, 3.63) is 33.9 Å². The van der Waals surface area contributed by atoms with Gasteiger partial charge in [0.25, 0.3) is 5.69 Å². The van der Waals surface area contributed by atoms with Crippen LogP contribution in [-0.2, 0) is 4.79 Å². The van der Waals surface area contributed by atoms with Gasteiger partial charge in [0.15, 0.2) is 0 Å². The summed E-state index contributed by atoms with van der Waals surface area (Å²) >= 11 is 0. The number of carbonyl (C=O) groups excluding carboxylic acids is 1. The van der Waals surface area contributed by atoms with Crippen LogP contribution in [0.15, 0.2) is 18.2 Å². The van der Waals surface area contributed by atoms with E-state index in [9.17, 15) is 14.9 Å². The van der Waals surface area contributed by atoms with Gasteiger partial charge in [-0.25, -0.2) is 0 Å². The normalized spacial score (nSPS) is 20.5. The van der Waals surface area contributed by atoms with Crippen LogP contribution in [0.2, 0.25) is 0 Å². The standard InChI is InChI=1S/C16H24N4O3.ClH/c1-12-3-4-13(20(22)23)9-14(12)18-15(21)5-7-19-8-6-16(2,10-17)11-19;/h3-4,9H,5-8,10-11,17H2,1-2H3,(H,18,21);1H. The van der Waals surface area contributed by atoms with Crippen LogP contribution in [0.3, 0.4) is 0 Å². The quantitative estimate of drug-likeness (QED) is 0.601. The monoisotopic (exact) mass is 356 g/mol. The number of non-ortho nitro benzene ring substituents is 1. The minimum absolute atomic E-state index is 0. The van der Waals surface area contributed by atoms with Crippen molar-refractivity contribution in [3.8, 4) is 0 Å². The molecule has 134 valence electrons. The molecule has 3 N–H and O–H groups in total. The molecule has 0 aromatic heterocycles. The zero-order valence-electron chi connectivity index (χ0n) is 14.1. The SMILES string of the molecule is Cc1ccc([N+](=O)[O-])cc1NC(=O)CCN1CCC(C)(CN)C1.Cl. The van der Waals surface area contributed by atoms with Gasteiger partial charge in [-0.2, -0.15) is 0 Å². The smallest absolute Gasteiger partial charge is 0.271 e. The summed E-state index contributed by atoms with van der Waals surface area (Å²) in [6.07, 6.45) is 1.41. The van der Waals surface area contributed by atoms with Crippen molar-refractivity contribution in [3.63, 3.8) is 0 Å². The number of nitrogens with zero attached hydrogens (tertiary/aromatic N) is 2. The summed E-state index contributed by atoms with van der Waals surface area (Å²) in [5, 5.41) is 13.6. The number of nitro groups is 1. The second-order valence-corrected chi connectivity index (χ2v) is 6.60. The van der Waals surface area contributed by atoms with E-state index in [1.165, 1.54) is 12.1 Å². The number of halogens is 1. The molecule has 24 heavy (non-hydrogen) atoms. The Morgan fingerprint density at radius 2 is 2.21 bits per heavy atom. The van der Waals surface area contributed by atoms with Gasteiger partial charge in [-0.15, -0.1) is 12.4 Å². The maximum Gasteiger partial charge on any atom is 0.271 e. The van der Waals surface area contributed by atoms with Crippen molar-refractivity contribution >= 4 is 29.7 Å². The van der Waals surface area contributed by atoms with E-state index in [1.54, 1.807) is 6.07 Å². The van der Waals surface area contributed by atoms with E-state index < -0.39 is 4.92 Å². The summed E-state index contributed by atoms with van der Waals surface area (Å²) in [5.41, 5.74) is 7.21. The number of nitrogens with two attached hydrogens (primary N) is 1. The van der Waals surface area contributed by atoms with Gasteiger partial charge >= 0.3 is 0 Å². The molecular weight excluding hydrogens is 332 g/mol. The summed E-state index contributed by atoms with van der Waals surface area (Å²) in [6.45, 7) is 7.17. The molecule has 1 aliphatic heterocycles. The zero-order valence-corrected chi connectivity index (χ0v) is 14.9. The molecular formula is C16H25ClN4O3. The largest absolute Gasteiger partial charge is 0.330 e. The Balaban J connectivity index is 0.00000288. The average Bonchev–Trinajstić information content (AvgIpc) is 2.89. The van der Waals surface area contributed by atoms with Crippen LogP contribution in [-0.4, -0.2) is 41.9 Å². The number of amides is 1. The first-order valence-corrected chi connectivity index (χ1v) is 7.80. The first-order valence-electron chi connectivity index (χ1n) is 7.80. The van der Waals surface area contributed by atoms with E-state index in [2.05, 4.69) is 17.1 Å². The van der Waals surface area contributed by atoms with Crippen LogP contribution in [0.25, 0.3) is 0 Å². The Hall–Kier alpha value is -1.70. The van der Waals surface area contributed by atoms with E-state index in [-0.39, 0.29) is 29.4 Å². The van der Waals surface area contributed by atoms with Crippen LogP contribution in [0, 0.1) is 22.5 Å². The number of benzene rings is 1. The molecule has 0 saturated carbocycles. The number of likely N-dealkylation sites (tertiary alicyclic amines) is 1. The van der Waals surface area contributed by atoms with Gasteiger partial charge in [-0.3, -0.25) is 14.9 Å². The second kappa shape index (κ2) is 8.41.